The first kappa shape index (κ1) is 12.4. The Balaban J connectivity index is 2.21. The number of aromatic nitrogens is 1. The first-order valence-corrected chi connectivity index (χ1v) is 6.41. The van der Waals surface area contributed by atoms with Crippen LogP contribution in [0.25, 0.3) is 0 Å². The number of hydrogen-bond acceptors (Lipinski definition) is 3. The summed E-state index contributed by atoms with van der Waals surface area (Å²) in [7, 11) is 0. The van der Waals surface area contributed by atoms with Gasteiger partial charge in [0.25, 0.3) is 0 Å². The number of nitrogens with zero attached hydrogens (tertiary/aromatic N) is 2. The first-order chi connectivity index (χ1) is 8.10. The van der Waals surface area contributed by atoms with E-state index in [1.54, 1.807) is 6.20 Å². The Bertz CT molecular complexity index is 382. The molecule has 2 heterocycles. The van der Waals surface area contributed by atoms with Crippen LogP contribution >= 0.6 is 0 Å². The third-order valence-electron chi connectivity index (χ3n) is 3.46. The van der Waals surface area contributed by atoms with E-state index in [4.69, 9.17) is 5.11 Å². The van der Waals surface area contributed by atoms with E-state index in [1.165, 1.54) is 6.42 Å². The molecule has 0 radical (unpaired) electrons. The quantitative estimate of drug-likeness (QED) is 0.853. The zero-order chi connectivity index (χ0) is 12.4. The van der Waals surface area contributed by atoms with Gasteiger partial charge in [0.1, 0.15) is 5.82 Å². The second-order valence-electron chi connectivity index (χ2n) is 5.49. The van der Waals surface area contributed by atoms with Crippen LogP contribution in [0.3, 0.4) is 0 Å². The Kier molecular flexibility index (Phi) is 3.67. The fourth-order valence-electron chi connectivity index (χ4n) is 2.88. The number of rotatable bonds is 2. The Hall–Kier alpha value is -1.09. The van der Waals surface area contributed by atoms with Gasteiger partial charge in [-0.25, -0.2) is 4.98 Å². The van der Waals surface area contributed by atoms with E-state index < -0.39 is 0 Å². The molecule has 2 unspecified atom stereocenters. The maximum absolute atomic E-state index is 9.09. The molecule has 1 saturated heterocycles. The lowest BCUT2D eigenvalue weighted by molar-refractivity contribution is 0.281. The van der Waals surface area contributed by atoms with Gasteiger partial charge in [-0.1, -0.05) is 13.8 Å². The molecule has 2 rings (SSSR count). The van der Waals surface area contributed by atoms with Crippen LogP contribution < -0.4 is 4.90 Å². The molecule has 17 heavy (non-hydrogen) atoms. The van der Waals surface area contributed by atoms with Gasteiger partial charge in [-0.2, -0.15) is 0 Å². The van der Waals surface area contributed by atoms with E-state index in [0.717, 1.165) is 41.9 Å². The van der Waals surface area contributed by atoms with E-state index in [2.05, 4.69) is 30.7 Å². The summed E-state index contributed by atoms with van der Waals surface area (Å²) in [6.45, 7) is 8.94. The van der Waals surface area contributed by atoms with E-state index in [-0.39, 0.29) is 6.61 Å². The van der Waals surface area contributed by atoms with E-state index >= 15 is 0 Å². The van der Waals surface area contributed by atoms with Crippen molar-refractivity contribution in [1.82, 2.24) is 4.98 Å². The summed E-state index contributed by atoms with van der Waals surface area (Å²) >= 11 is 0. The van der Waals surface area contributed by atoms with Crippen LogP contribution in [-0.4, -0.2) is 23.2 Å². The highest BCUT2D eigenvalue weighted by Gasteiger charge is 2.23. The number of anilines is 1. The Morgan fingerprint density at radius 3 is 2.53 bits per heavy atom. The standard InChI is InChI=1S/C14H22N2O/c1-10-4-11(2)8-16(7-10)14-12(3)5-13(9-17)6-15-14/h5-6,10-11,17H,4,7-9H2,1-3H3. The molecular formula is C14H22N2O. The highest BCUT2D eigenvalue weighted by atomic mass is 16.3. The SMILES string of the molecule is Cc1cc(CO)cnc1N1CC(C)CC(C)C1. The molecule has 1 fully saturated rings. The molecule has 0 saturated carbocycles. The van der Waals surface area contributed by atoms with Gasteiger partial charge in [0, 0.05) is 19.3 Å². The minimum Gasteiger partial charge on any atom is -0.392 e. The van der Waals surface area contributed by atoms with Gasteiger partial charge in [0.15, 0.2) is 0 Å². The molecule has 0 bridgehead atoms. The molecule has 1 aliphatic heterocycles. The van der Waals surface area contributed by atoms with Gasteiger partial charge in [-0.3, -0.25) is 0 Å². The van der Waals surface area contributed by atoms with Crippen LogP contribution in [-0.2, 0) is 6.61 Å². The zero-order valence-corrected chi connectivity index (χ0v) is 11.0. The molecule has 1 N–H and O–H groups in total. The summed E-state index contributed by atoms with van der Waals surface area (Å²) in [5.74, 6) is 2.55. The Labute approximate surface area is 103 Å². The van der Waals surface area contributed by atoms with Crippen molar-refractivity contribution in [2.45, 2.75) is 33.8 Å². The molecule has 0 aliphatic carbocycles. The average molecular weight is 234 g/mol. The van der Waals surface area contributed by atoms with Gasteiger partial charge >= 0.3 is 0 Å². The largest absolute Gasteiger partial charge is 0.392 e. The van der Waals surface area contributed by atoms with Crippen molar-refractivity contribution in [2.75, 3.05) is 18.0 Å². The lowest BCUT2D eigenvalue weighted by Crippen LogP contribution is -2.39. The number of aryl methyl sites for hydroxylation is 1. The molecule has 1 aromatic rings. The predicted octanol–water partition coefficient (Wildman–Crippen LogP) is 2.36. The number of hydrogen-bond donors (Lipinski definition) is 1. The maximum atomic E-state index is 9.09. The Morgan fingerprint density at radius 1 is 1.35 bits per heavy atom. The number of aliphatic hydroxyl groups excluding tert-OH is 1. The molecule has 1 aliphatic rings. The minimum absolute atomic E-state index is 0.0704. The molecule has 0 amide bonds. The molecule has 0 aromatic carbocycles. The van der Waals surface area contributed by atoms with Crippen LogP contribution in [0.1, 0.15) is 31.4 Å². The van der Waals surface area contributed by atoms with Crippen LogP contribution in [0.15, 0.2) is 12.3 Å². The lowest BCUT2D eigenvalue weighted by Gasteiger charge is -2.36. The van der Waals surface area contributed by atoms with Crippen LogP contribution in [0, 0.1) is 18.8 Å². The molecule has 3 nitrogen and oxygen atoms in total. The summed E-state index contributed by atoms with van der Waals surface area (Å²) in [6, 6.07) is 2.03. The van der Waals surface area contributed by atoms with Crippen molar-refractivity contribution in [3.63, 3.8) is 0 Å². The number of piperidine rings is 1. The third-order valence-corrected chi connectivity index (χ3v) is 3.46. The molecule has 3 heteroatoms. The molecule has 2 atom stereocenters. The monoisotopic (exact) mass is 234 g/mol. The van der Waals surface area contributed by atoms with E-state index in [9.17, 15) is 0 Å². The van der Waals surface area contributed by atoms with Gasteiger partial charge in [0.2, 0.25) is 0 Å². The van der Waals surface area contributed by atoms with Crippen LogP contribution in [0.4, 0.5) is 5.82 Å². The van der Waals surface area contributed by atoms with Gasteiger partial charge in [-0.15, -0.1) is 0 Å². The third kappa shape index (κ3) is 2.78. The Morgan fingerprint density at radius 2 is 2.00 bits per heavy atom. The van der Waals surface area contributed by atoms with Crippen molar-refractivity contribution < 1.29 is 5.11 Å². The highest BCUT2D eigenvalue weighted by Crippen LogP contribution is 2.27. The minimum atomic E-state index is 0.0704. The maximum Gasteiger partial charge on any atom is 0.131 e. The second kappa shape index (κ2) is 5.05. The van der Waals surface area contributed by atoms with Gasteiger partial charge < -0.3 is 10.0 Å². The van der Waals surface area contributed by atoms with Crippen LogP contribution in [0.2, 0.25) is 0 Å². The fourth-order valence-corrected chi connectivity index (χ4v) is 2.88. The first-order valence-electron chi connectivity index (χ1n) is 6.41. The van der Waals surface area contributed by atoms with E-state index in [0.29, 0.717) is 0 Å². The summed E-state index contributed by atoms with van der Waals surface area (Å²) in [5, 5.41) is 9.09. The smallest absolute Gasteiger partial charge is 0.131 e. The predicted molar refractivity (Wildman–Crippen MR) is 70.1 cm³/mol. The van der Waals surface area contributed by atoms with Crippen molar-refractivity contribution in [2.24, 2.45) is 11.8 Å². The summed E-state index contributed by atoms with van der Waals surface area (Å²) in [5.41, 5.74) is 2.06. The zero-order valence-electron chi connectivity index (χ0n) is 11.0. The van der Waals surface area contributed by atoms with E-state index in [1.807, 2.05) is 6.07 Å². The topological polar surface area (TPSA) is 36.4 Å². The summed E-state index contributed by atoms with van der Waals surface area (Å²) < 4.78 is 0. The summed E-state index contributed by atoms with van der Waals surface area (Å²) in [6.07, 6.45) is 3.09. The van der Waals surface area contributed by atoms with Crippen molar-refractivity contribution in [1.29, 1.82) is 0 Å². The average Bonchev–Trinajstić information content (AvgIpc) is 2.27. The van der Waals surface area contributed by atoms with Crippen molar-refractivity contribution in [3.8, 4) is 0 Å². The van der Waals surface area contributed by atoms with Crippen molar-refractivity contribution >= 4 is 5.82 Å². The van der Waals surface area contributed by atoms with Gasteiger partial charge in [0.05, 0.1) is 6.61 Å². The van der Waals surface area contributed by atoms with Crippen LogP contribution in [0.5, 0.6) is 0 Å². The number of pyridine rings is 1. The van der Waals surface area contributed by atoms with Gasteiger partial charge in [-0.05, 0) is 42.4 Å². The summed E-state index contributed by atoms with van der Waals surface area (Å²) in [4.78, 5) is 6.89. The second-order valence-corrected chi connectivity index (χ2v) is 5.49. The fraction of sp³-hybridized carbons (Fsp3) is 0.643. The van der Waals surface area contributed by atoms with Crippen molar-refractivity contribution in [3.05, 3.63) is 23.4 Å². The lowest BCUT2D eigenvalue weighted by atomic mass is 9.91. The molecule has 1 aromatic heterocycles. The molecule has 94 valence electrons. The molecule has 0 spiro atoms. The number of aliphatic hydroxyl groups is 1. The highest BCUT2D eigenvalue weighted by molar-refractivity contribution is 5.47. The normalized spacial score (nSPS) is 25.1. The molecular weight excluding hydrogens is 212 g/mol.